The van der Waals surface area contributed by atoms with Crippen molar-refractivity contribution in [3.63, 3.8) is 0 Å². The SMILES string of the molecule is Cn1c(=O)n(C2CCC(=O)NC2=O)c2ccc(CCO[C@H]3C[C@@H](N4CCNCC4)C3)cc21. The van der Waals surface area contributed by atoms with Crippen LogP contribution in [-0.4, -0.2) is 70.8 Å². The van der Waals surface area contributed by atoms with Gasteiger partial charge in [0.1, 0.15) is 6.04 Å². The third-order valence-corrected chi connectivity index (χ3v) is 7.16. The van der Waals surface area contributed by atoms with Gasteiger partial charge in [0.25, 0.3) is 0 Å². The molecule has 0 bridgehead atoms. The zero-order valence-corrected chi connectivity index (χ0v) is 18.5. The number of imide groups is 1. The quantitative estimate of drug-likeness (QED) is 0.627. The number of nitrogens with one attached hydrogen (secondary N) is 2. The monoisotopic (exact) mass is 441 g/mol. The van der Waals surface area contributed by atoms with E-state index in [4.69, 9.17) is 4.74 Å². The number of aryl methyl sites for hydroxylation is 1. The van der Waals surface area contributed by atoms with Crippen LogP contribution in [0.4, 0.5) is 0 Å². The highest BCUT2D eigenvalue weighted by Gasteiger charge is 2.34. The number of hydrogen-bond acceptors (Lipinski definition) is 6. The number of carbonyl (C=O) groups excluding carboxylic acids is 2. The number of hydrogen-bond donors (Lipinski definition) is 2. The van der Waals surface area contributed by atoms with Gasteiger partial charge in [0.2, 0.25) is 11.8 Å². The van der Waals surface area contributed by atoms with Crippen LogP contribution >= 0.6 is 0 Å². The van der Waals surface area contributed by atoms with Crippen molar-refractivity contribution < 1.29 is 14.3 Å². The summed E-state index contributed by atoms with van der Waals surface area (Å²) in [5.41, 5.74) is 2.37. The summed E-state index contributed by atoms with van der Waals surface area (Å²) in [6, 6.07) is 5.92. The van der Waals surface area contributed by atoms with Crippen LogP contribution < -0.4 is 16.3 Å². The summed E-state index contributed by atoms with van der Waals surface area (Å²) >= 11 is 0. The fraction of sp³-hybridized carbons (Fsp3) is 0.609. The molecule has 0 radical (unpaired) electrons. The molecule has 1 aromatic carbocycles. The van der Waals surface area contributed by atoms with Crippen LogP contribution in [0.15, 0.2) is 23.0 Å². The lowest BCUT2D eigenvalue weighted by atomic mass is 9.87. The molecule has 2 amide bonds. The number of rotatable bonds is 6. The Kier molecular flexibility index (Phi) is 5.88. The van der Waals surface area contributed by atoms with Gasteiger partial charge in [-0.2, -0.15) is 0 Å². The molecule has 2 saturated heterocycles. The molecule has 1 saturated carbocycles. The number of carbonyl (C=O) groups is 2. The lowest BCUT2D eigenvalue weighted by molar-refractivity contribution is -0.135. The molecule has 9 nitrogen and oxygen atoms in total. The molecule has 2 aromatic rings. The molecule has 2 N–H and O–H groups in total. The molecule has 32 heavy (non-hydrogen) atoms. The number of benzene rings is 1. The van der Waals surface area contributed by atoms with Gasteiger partial charge in [-0.15, -0.1) is 0 Å². The summed E-state index contributed by atoms with van der Waals surface area (Å²) in [7, 11) is 1.72. The highest BCUT2D eigenvalue weighted by atomic mass is 16.5. The lowest BCUT2D eigenvalue weighted by Crippen LogP contribution is -2.54. The fourth-order valence-electron chi connectivity index (χ4n) is 5.16. The Hall–Kier alpha value is -2.49. The summed E-state index contributed by atoms with van der Waals surface area (Å²) in [6.45, 7) is 5.09. The Bertz CT molecular complexity index is 1080. The molecule has 2 aliphatic heterocycles. The van der Waals surface area contributed by atoms with E-state index >= 15 is 0 Å². The normalized spacial score (nSPS) is 26.8. The highest BCUT2D eigenvalue weighted by molar-refractivity contribution is 6.00. The van der Waals surface area contributed by atoms with Crippen molar-refractivity contribution in [1.29, 1.82) is 0 Å². The molecular formula is C23H31N5O4. The van der Waals surface area contributed by atoms with Gasteiger partial charge in [0, 0.05) is 45.7 Å². The summed E-state index contributed by atoms with van der Waals surface area (Å²) < 4.78 is 9.19. The van der Waals surface area contributed by atoms with E-state index in [0.29, 0.717) is 25.2 Å². The van der Waals surface area contributed by atoms with Crippen LogP contribution in [0.3, 0.4) is 0 Å². The second-order valence-corrected chi connectivity index (χ2v) is 9.16. The molecule has 0 spiro atoms. The van der Waals surface area contributed by atoms with Crippen LogP contribution in [0.5, 0.6) is 0 Å². The zero-order valence-electron chi connectivity index (χ0n) is 18.5. The average molecular weight is 442 g/mol. The van der Waals surface area contributed by atoms with Crippen molar-refractivity contribution in [2.75, 3.05) is 32.8 Å². The number of nitrogens with zero attached hydrogens (tertiary/aromatic N) is 3. The molecule has 3 fully saturated rings. The minimum Gasteiger partial charge on any atom is -0.378 e. The summed E-state index contributed by atoms with van der Waals surface area (Å²) in [5, 5.41) is 5.74. The Morgan fingerprint density at radius 3 is 2.62 bits per heavy atom. The van der Waals surface area contributed by atoms with E-state index in [1.54, 1.807) is 11.6 Å². The number of ether oxygens (including phenoxy) is 1. The first kappa shape index (κ1) is 21.4. The molecule has 9 heteroatoms. The van der Waals surface area contributed by atoms with Gasteiger partial charge in [-0.1, -0.05) is 6.07 Å². The van der Waals surface area contributed by atoms with Crippen LogP contribution in [0.2, 0.25) is 0 Å². The molecule has 3 heterocycles. The number of amides is 2. The topological polar surface area (TPSA) is 97.6 Å². The van der Waals surface area contributed by atoms with Gasteiger partial charge in [0.05, 0.1) is 23.7 Å². The fourth-order valence-corrected chi connectivity index (χ4v) is 5.16. The van der Waals surface area contributed by atoms with E-state index in [9.17, 15) is 14.4 Å². The van der Waals surface area contributed by atoms with E-state index < -0.39 is 11.9 Å². The second-order valence-electron chi connectivity index (χ2n) is 9.16. The largest absolute Gasteiger partial charge is 0.378 e. The summed E-state index contributed by atoms with van der Waals surface area (Å²) in [5.74, 6) is -0.694. The summed E-state index contributed by atoms with van der Waals surface area (Å²) in [6.07, 6.45) is 3.94. The molecule has 1 aromatic heterocycles. The lowest BCUT2D eigenvalue weighted by Gasteiger charge is -2.44. The zero-order chi connectivity index (χ0) is 22.2. The summed E-state index contributed by atoms with van der Waals surface area (Å²) in [4.78, 5) is 39.2. The Morgan fingerprint density at radius 1 is 1.09 bits per heavy atom. The number of fused-ring (bicyclic) bond motifs is 1. The number of imidazole rings is 1. The average Bonchev–Trinajstić information content (AvgIpc) is 3.00. The van der Waals surface area contributed by atoms with Crippen LogP contribution in [0.1, 0.15) is 37.3 Å². The maximum absolute atomic E-state index is 12.9. The second kappa shape index (κ2) is 8.80. The molecule has 1 atom stereocenters. The Balaban J connectivity index is 1.21. The first-order valence-electron chi connectivity index (χ1n) is 11.6. The molecule has 5 rings (SSSR count). The maximum Gasteiger partial charge on any atom is 0.329 e. The Labute approximate surface area is 186 Å². The van der Waals surface area contributed by atoms with Crippen molar-refractivity contribution in [2.24, 2.45) is 7.05 Å². The van der Waals surface area contributed by atoms with E-state index in [1.807, 2.05) is 18.2 Å². The third kappa shape index (κ3) is 4.00. The van der Waals surface area contributed by atoms with Gasteiger partial charge >= 0.3 is 5.69 Å². The van der Waals surface area contributed by atoms with Crippen molar-refractivity contribution in [3.05, 3.63) is 34.2 Å². The molecule has 1 aliphatic carbocycles. The van der Waals surface area contributed by atoms with Crippen molar-refractivity contribution in [3.8, 4) is 0 Å². The standard InChI is InChI=1S/C23H31N5O4/c1-26-20-12-15(6-11-32-17-13-16(14-17)27-9-7-24-8-10-27)2-3-18(20)28(23(26)31)19-4-5-21(29)25-22(19)30/h2-3,12,16-17,19,24H,4-11,13-14H2,1H3,(H,25,29,30)/t16-,17+,19?. The first-order valence-corrected chi connectivity index (χ1v) is 11.6. The van der Waals surface area contributed by atoms with Crippen molar-refractivity contribution >= 4 is 22.8 Å². The minimum absolute atomic E-state index is 0.240. The van der Waals surface area contributed by atoms with E-state index in [1.165, 1.54) is 4.57 Å². The van der Waals surface area contributed by atoms with E-state index in [-0.39, 0.29) is 18.0 Å². The van der Waals surface area contributed by atoms with Gasteiger partial charge in [0.15, 0.2) is 0 Å². The van der Waals surface area contributed by atoms with Gasteiger partial charge in [-0.25, -0.2) is 4.79 Å². The predicted molar refractivity (Wildman–Crippen MR) is 120 cm³/mol. The van der Waals surface area contributed by atoms with Crippen LogP contribution in [0, 0.1) is 0 Å². The van der Waals surface area contributed by atoms with E-state index in [2.05, 4.69) is 15.5 Å². The van der Waals surface area contributed by atoms with Crippen LogP contribution in [-0.2, 0) is 27.8 Å². The maximum atomic E-state index is 12.9. The smallest absolute Gasteiger partial charge is 0.329 e. The highest BCUT2D eigenvalue weighted by Crippen LogP contribution is 2.29. The van der Waals surface area contributed by atoms with Crippen molar-refractivity contribution in [2.45, 2.75) is 50.3 Å². The third-order valence-electron chi connectivity index (χ3n) is 7.16. The first-order chi connectivity index (χ1) is 15.5. The number of piperazine rings is 1. The molecule has 3 aliphatic rings. The van der Waals surface area contributed by atoms with E-state index in [0.717, 1.165) is 62.0 Å². The molecular weight excluding hydrogens is 410 g/mol. The number of aromatic nitrogens is 2. The molecule has 1 unspecified atom stereocenters. The van der Waals surface area contributed by atoms with Crippen molar-refractivity contribution in [1.82, 2.24) is 24.7 Å². The molecule has 172 valence electrons. The van der Waals surface area contributed by atoms with Gasteiger partial charge < -0.3 is 10.1 Å². The number of piperidine rings is 1. The minimum atomic E-state index is -0.652. The Morgan fingerprint density at radius 2 is 1.88 bits per heavy atom. The predicted octanol–water partition coefficient (Wildman–Crippen LogP) is 0.313. The van der Waals surface area contributed by atoms with Crippen LogP contribution in [0.25, 0.3) is 11.0 Å². The van der Waals surface area contributed by atoms with Gasteiger partial charge in [-0.3, -0.25) is 28.9 Å². The van der Waals surface area contributed by atoms with Gasteiger partial charge in [-0.05, 0) is 43.4 Å².